The summed E-state index contributed by atoms with van der Waals surface area (Å²) in [6.07, 6.45) is 2.46. The van der Waals surface area contributed by atoms with Gasteiger partial charge in [-0.1, -0.05) is 6.07 Å². The number of benzene rings is 1. The van der Waals surface area contributed by atoms with Crippen LogP contribution in [0.2, 0.25) is 0 Å². The van der Waals surface area contributed by atoms with Crippen molar-refractivity contribution in [2.75, 3.05) is 30.5 Å². The molecule has 5 heteroatoms. The molecule has 1 aromatic carbocycles. The van der Waals surface area contributed by atoms with Gasteiger partial charge in [-0.05, 0) is 25.0 Å². The highest BCUT2D eigenvalue weighted by Gasteiger charge is 2.31. The average Bonchev–Trinajstić information content (AvgIpc) is 3.19. The molecule has 1 amide bonds. The van der Waals surface area contributed by atoms with Gasteiger partial charge in [-0.3, -0.25) is 4.79 Å². The van der Waals surface area contributed by atoms with Crippen molar-refractivity contribution in [1.82, 2.24) is 0 Å². The number of ether oxygens (including phenoxy) is 1. The maximum absolute atomic E-state index is 11.6. The van der Waals surface area contributed by atoms with E-state index in [2.05, 4.69) is 10.2 Å². The lowest BCUT2D eigenvalue weighted by Crippen LogP contribution is -2.29. The molecule has 1 fully saturated rings. The predicted molar refractivity (Wildman–Crippen MR) is 74.2 cm³/mol. The van der Waals surface area contributed by atoms with E-state index < -0.39 is 6.04 Å². The van der Waals surface area contributed by atoms with E-state index >= 15 is 0 Å². The molecule has 3 rings (SSSR count). The van der Waals surface area contributed by atoms with Crippen LogP contribution in [0.25, 0.3) is 0 Å². The van der Waals surface area contributed by atoms with E-state index in [1.165, 1.54) is 12.8 Å². The van der Waals surface area contributed by atoms with E-state index in [0.717, 1.165) is 23.5 Å². The average molecular weight is 261 g/mol. The fraction of sp³-hybridized carbons (Fsp3) is 0.500. The van der Waals surface area contributed by atoms with Gasteiger partial charge in [0.2, 0.25) is 5.91 Å². The molecule has 1 atom stereocenters. The number of methoxy groups -OCH3 is 1. The van der Waals surface area contributed by atoms with Gasteiger partial charge >= 0.3 is 0 Å². The summed E-state index contributed by atoms with van der Waals surface area (Å²) in [5.41, 5.74) is 8.69. The highest BCUT2D eigenvalue weighted by molar-refractivity contribution is 6.03. The SMILES string of the molecule is COCCN(c1ccc2c(c1)NC(=O)C2N)C1CC1. The molecule has 0 radical (unpaired) electrons. The van der Waals surface area contributed by atoms with E-state index in [9.17, 15) is 4.79 Å². The van der Waals surface area contributed by atoms with Gasteiger partial charge in [0.15, 0.2) is 0 Å². The van der Waals surface area contributed by atoms with Crippen LogP contribution in [0.5, 0.6) is 0 Å². The molecule has 0 spiro atoms. The number of nitrogens with zero attached hydrogens (tertiary/aromatic N) is 1. The first-order valence-electron chi connectivity index (χ1n) is 6.66. The van der Waals surface area contributed by atoms with Crippen LogP contribution in [0.15, 0.2) is 18.2 Å². The number of fused-ring (bicyclic) bond motifs is 1. The van der Waals surface area contributed by atoms with Crippen LogP contribution in [0.4, 0.5) is 11.4 Å². The van der Waals surface area contributed by atoms with Crippen molar-refractivity contribution in [3.63, 3.8) is 0 Å². The summed E-state index contributed by atoms with van der Waals surface area (Å²) < 4.78 is 5.17. The molecule has 2 aliphatic rings. The van der Waals surface area contributed by atoms with Crippen LogP contribution < -0.4 is 16.0 Å². The van der Waals surface area contributed by atoms with Crippen molar-refractivity contribution in [2.45, 2.75) is 24.9 Å². The van der Waals surface area contributed by atoms with E-state index in [4.69, 9.17) is 10.5 Å². The summed E-state index contributed by atoms with van der Waals surface area (Å²) in [5, 5.41) is 2.84. The Balaban J connectivity index is 1.85. The number of nitrogens with two attached hydrogens (primary N) is 1. The number of rotatable bonds is 5. The molecule has 102 valence electrons. The number of amides is 1. The predicted octanol–water partition coefficient (Wildman–Crippen LogP) is 1.25. The Bertz CT molecular complexity index is 499. The normalized spacial score (nSPS) is 21.2. The summed E-state index contributed by atoms with van der Waals surface area (Å²) in [7, 11) is 1.72. The number of carbonyl (C=O) groups excluding carboxylic acids is 1. The standard InChI is InChI=1S/C14H19N3O2/c1-19-7-6-17(9-2-3-9)10-4-5-11-12(8-10)16-14(18)13(11)15/h4-5,8-9,13H,2-3,6-7,15H2,1H3,(H,16,18). The summed E-state index contributed by atoms with van der Waals surface area (Å²) in [6, 6.07) is 6.10. The Morgan fingerprint density at radius 2 is 2.26 bits per heavy atom. The largest absolute Gasteiger partial charge is 0.383 e. The first-order valence-corrected chi connectivity index (χ1v) is 6.66. The Labute approximate surface area is 112 Å². The van der Waals surface area contributed by atoms with E-state index in [0.29, 0.717) is 12.6 Å². The van der Waals surface area contributed by atoms with Gasteiger partial charge in [-0.15, -0.1) is 0 Å². The lowest BCUT2D eigenvalue weighted by molar-refractivity contribution is -0.116. The minimum Gasteiger partial charge on any atom is -0.383 e. The first kappa shape index (κ1) is 12.4. The third-order valence-electron chi connectivity index (χ3n) is 3.77. The number of anilines is 2. The van der Waals surface area contributed by atoms with E-state index in [1.54, 1.807) is 7.11 Å². The summed E-state index contributed by atoms with van der Waals surface area (Å²) in [4.78, 5) is 13.9. The highest BCUT2D eigenvalue weighted by Crippen LogP contribution is 2.36. The molecule has 1 unspecified atom stereocenters. The Kier molecular flexibility index (Phi) is 3.16. The highest BCUT2D eigenvalue weighted by atomic mass is 16.5. The summed E-state index contributed by atoms with van der Waals surface area (Å²) in [5.74, 6) is -0.123. The maximum Gasteiger partial charge on any atom is 0.245 e. The minimum atomic E-state index is -0.530. The van der Waals surface area contributed by atoms with Gasteiger partial charge in [0.05, 0.1) is 6.61 Å². The third-order valence-corrected chi connectivity index (χ3v) is 3.77. The Morgan fingerprint density at radius 3 is 2.95 bits per heavy atom. The van der Waals surface area contributed by atoms with Crippen LogP contribution in [-0.4, -0.2) is 32.2 Å². The van der Waals surface area contributed by atoms with Crippen molar-refractivity contribution in [1.29, 1.82) is 0 Å². The lowest BCUT2D eigenvalue weighted by atomic mass is 10.1. The van der Waals surface area contributed by atoms with Crippen LogP contribution in [0, 0.1) is 0 Å². The topological polar surface area (TPSA) is 67.6 Å². The zero-order chi connectivity index (χ0) is 13.4. The maximum atomic E-state index is 11.6. The number of hydrogen-bond acceptors (Lipinski definition) is 4. The molecule has 1 heterocycles. The smallest absolute Gasteiger partial charge is 0.245 e. The molecular weight excluding hydrogens is 242 g/mol. The van der Waals surface area contributed by atoms with Gasteiger partial charge in [0, 0.05) is 36.6 Å². The first-order chi connectivity index (χ1) is 9.20. The van der Waals surface area contributed by atoms with Crippen molar-refractivity contribution in [3.05, 3.63) is 23.8 Å². The number of nitrogens with one attached hydrogen (secondary N) is 1. The molecule has 5 nitrogen and oxygen atoms in total. The minimum absolute atomic E-state index is 0.123. The molecule has 0 aromatic heterocycles. The van der Waals surface area contributed by atoms with Gasteiger partial charge in [0.25, 0.3) is 0 Å². The lowest BCUT2D eigenvalue weighted by Gasteiger charge is -2.25. The van der Waals surface area contributed by atoms with Crippen LogP contribution in [0.3, 0.4) is 0 Å². The van der Waals surface area contributed by atoms with Crippen molar-refractivity contribution in [2.24, 2.45) is 5.73 Å². The summed E-state index contributed by atoms with van der Waals surface area (Å²) in [6.45, 7) is 1.58. The molecule has 19 heavy (non-hydrogen) atoms. The van der Waals surface area contributed by atoms with E-state index in [-0.39, 0.29) is 5.91 Å². The molecule has 1 saturated carbocycles. The van der Waals surface area contributed by atoms with E-state index in [1.807, 2.05) is 18.2 Å². The molecule has 1 aliphatic carbocycles. The zero-order valence-corrected chi connectivity index (χ0v) is 11.1. The quantitative estimate of drug-likeness (QED) is 0.837. The molecule has 0 saturated heterocycles. The molecular formula is C14H19N3O2. The third kappa shape index (κ3) is 2.31. The summed E-state index contributed by atoms with van der Waals surface area (Å²) >= 11 is 0. The van der Waals surface area contributed by atoms with Crippen molar-refractivity contribution >= 4 is 17.3 Å². The van der Waals surface area contributed by atoms with Crippen LogP contribution >= 0.6 is 0 Å². The second-order valence-corrected chi connectivity index (χ2v) is 5.16. The molecule has 0 bridgehead atoms. The van der Waals surface area contributed by atoms with Crippen molar-refractivity contribution < 1.29 is 9.53 Å². The molecule has 1 aromatic rings. The molecule has 1 aliphatic heterocycles. The van der Waals surface area contributed by atoms with Crippen LogP contribution in [0.1, 0.15) is 24.4 Å². The van der Waals surface area contributed by atoms with Gasteiger partial charge < -0.3 is 20.7 Å². The molecule has 3 N–H and O–H groups in total. The Morgan fingerprint density at radius 1 is 1.47 bits per heavy atom. The second-order valence-electron chi connectivity index (χ2n) is 5.16. The Hall–Kier alpha value is -1.59. The van der Waals surface area contributed by atoms with Crippen LogP contribution in [-0.2, 0) is 9.53 Å². The zero-order valence-electron chi connectivity index (χ0n) is 11.1. The van der Waals surface area contributed by atoms with Gasteiger partial charge in [-0.2, -0.15) is 0 Å². The fourth-order valence-corrected chi connectivity index (χ4v) is 2.55. The monoisotopic (exact) mass is 261 g/mol. The second kappa shape index (κ2) is 4.83. The number of hydrogen-bond donors (Lipinski definition) is 2. The van der Waals surface area contributed by atoms with Crippen molar-refractivity contribution in [3.8, 4) is 0 Å². The fourth-order valence-electron chi connectivity index (χ4n) is 2.55. The van der Waals surface area contributed by atoms with Gasteiger partial charge in [0.1, 0.15) is 6.04 Å². The van der Waals surface area contributed by atoms with Gasteiger partial charge in [-0.25, -0.2) is 0 Å². The number of carbonyl (C=O) groups is 1.